The van der Waals surface area contributed by atoms with Gasteiger partial charge in [-0.05, 0) is 17.7 Å². The van der Waals surface area contributed by atoms with Gasteiger partial charge in [0.1, 0.15) is 12.4 Å². The van der Waals surface area contributed by atoms with Gasteiger partial charge in [-0.2, -0.15) is 4.98 Å². The van der Waals surface area contributed by atoms with Crippen LogP contribution in [0, 0.1) is 5.82 Å². The molecule has 0 bridgehead atoms. The van der Waals surface area contributed by atoms with E-state index in [0.29, 0.717) is 30.3 Å². The molecular formula is C15H19FN4O3. The molecule has 8 heteroatoms. The molecule has 2 aromatic rings. The molecule has 0 unspecified atom stereocenters. The summed E-state index contributed by atoms with van der Waals surface area (Å²) in [6.45, 7) is 0.932. The van der Waals surface area contributed by atoms with Gasteiger partial charge in [0.25, 0.3) is 0 Å². The number of rotatable bonds is 7. The van der Waals surface area contributed by atoms with Gasteiger partial charge in [0.15, 0.2) is 5.82 Å². The number of carbonyl (C=O) groups excluding carboxylic acids is 1. The molecule has 0 atom stereocenters. The lowest BCUT2D eigenvalue weighted by Crippen LogP contribution is -2.36. The zero-order valence-electron chi connectivity index (χ0n) is 13.1. The van der Waals surface area contributed by atoms with Crippen molar-refractivity contribution in [3.63, 3.8) is 0 Å². The third-order valence-corrected chi connectivity index (χ3v) is 3.09. The van der Waals surface area contributed by atoms with Crippen molar-refractivity contribution < 1.29 is 18.4 Å². The number of aromatic nitrogens is 2. The van der Waals surface area contributed by atoms with E-state index in [1.54, 1.807) is 26.3 Å². The molecule has 0 radical (unpaired) electrons. The van der Waals surface area contributed by atoms with Crippen molar-refractivity contribution in [1.29, 1.82) is 0 Å². The second-order valence-corrected chi connectivity index (χ2v) is 4.99. The number of nitrogens with one attached hydrogen (secondary N) is 1. The molecule has 0 aliphatic heterocycles. The van der Waals surface area contributed by atoms with E-state index in [9.17, 15) is 9.18 Å². The Kier molecular flexibility index (Phi) is 6.04. The lowest BCUT2D eigenvalue weighted by molar-refractivity contribution is 0.198. The molecule has 2 rings (SSSR count). The molecule has 0 fully saturated rings. The van der Waals surface area contributed by atoms with Crippen molar-refractivity contribution in [2.24, 2.45) is 0 Å². The number of ether oxygens (including phenoxy) is 1. The monoisotopic (exact) mass is 322 g/mol. The lowest BCUT2D eigenvalue weighted by atomic mass is 10.2. The molecule has 0 aliphatic carbocycles. The van der Waals surface area contributed by atoms with Gasteiger partial charge in [0, 0.05) is 27.1 Å². The molecule has 1 aromatic heterocycles. The number of nitrogens with zero attached hydrogens (tertiary/aromatic N) is 3. The second-order valence-electron chi connectivity index (χ2n) is 4.99. The van der Waals surface area contributed by atoms with Crippen molar-refractivity contribution in [2.75, 3.05) is 20.8 Å². The maximum atomic E-state index is 13.1. The highest BCUT2D eigenvalue weighted by molar-refractivity contribution is 5.73. The smallest absolute Gasteiger partial charge is 0.317 e. The minimum absolute atomic E-state index is 0.189. The van der Waals surface area contributed by atoms with E-state index in [2.05, 4.69) is 15.5 Å². The number of hydrogen-bond donors (Lipinski definition) is 1. The predicted octanol–water partition coefficient (Wildman–Crippen LogP) is 1.74. The Morgan fingerprint density at radius 1 is 1.48 bits per heavy atom. The summed E-state index contributed by atoms with van der Waals surface area (Å²) in [5.74, 6) is 0.550. The van der Waals surface area contributed by atoms with Gasteiger partial charge >= 0.3 is 6.03 Å². The maximum Gasteiger partial charge on any atom is 0.317 e. The van der Waals surface area contributed by atoms with Crippen LogP contribution >= 0.6 is 0 Å². The van der Waals surface area contributed by atoms with Crippen molar-refractivity contribution in [3.05, 3.63) is 47.4 Å². The van der Waals surface area contributed by atoms with E-state index in [-0.39, 0.29) is 24.9 Å². The summed E-state index contributed by atoms with van der Waals surface area (Å²) in [7, 11) is 3.21. The third-order valence-electron chi connectivity index (χ3n) is 3.09. The fourth-order valence-corrected chi connectivity index (χ4v) is 1.88. The van der Waals surface area contributed by atoms with Crippen LogP contribution in [-0.2, 0) is 24.2 Å². The zero-order chi connectivity index (χ0) is 16.7. The van der Waals surface area contributed by atoms with Gasteiger partial charge in [-0.15, -0.1) is 0 Å². The summed E-state index contributed by atoms with van der Waals surface area (Å²) in [5, 5.41) is 6.50. The Bertz CT molecular complexity index is 647. The maximum absolute atomic E-state index is 13.1. The predicted molar refractivity (Wildman–Crippen MR) is 80.0 cm³/mol. The quantitative estimate of drug-likeness (QED) is 0.840. The second kappa shape index (κ2) is 8.23. The largest absolute Gasteiger partial charge is 0.384 e. The number of methoxy groups -OCH3 is 1. The third kappa shape index (κ3) is 5.33. The van der Waals surface area contributed by atoms with E-state index in [0.717, 1.165) is 0 Å². The molecule has 124 valence electrons. The fraction of sp³-hybridized carbons (Fsp3) is 0.400. The highest BCUT2D eigenvalue weighted by Crippen LogP contribution is 2.05. The van der Waals surface area contributed by atoms with Gasteiger partial charge in [0.2, 0.25) is 5.89 Å². The molecule has 0 spiro atoms. The van der Waals surface area contributed by atoms with E-state index in [1.165, 1.54) is 17.0 Å². The Balaban J connectivity index is 1.81. The van der Waals surface area contributed by atoms with Crippen LogP contribution in [0.15, 0.2) is 28.8 Å². The minimum atomic E-state index is -0.334. The average Bonchev–Trinajstić information content (AvgIpc) is 2.98. The van der Waals surface area contributed by atoms with Crippen molar-refractivity contribution in [1.82, 2.24) is 20.4 Å². The first kappa shape index (κ1) is 16.9. The van der Waals surface area contributed by atoms with E-state index >= 15 is 0 Å². The van der Waals surface area contributed by atoms with E-state index in [4.69, 9.17) is 9.26 Å². The highest BCUT2D eigenvalue weighted by atomic mass is 19.1. The lowest BCUT2D eigenvalue weighted by Gasteiger charge is -2.15. The Morgan fingerprint density at radius 3 is 3.04 bits per heavy atom. The molecule has 0 saturated carbocycles. The van der Waals surface area contributed by atoms with Crippen LogP contribution in [-0.4, -0.2) is 41.8 Å². The van der Waals surface area contributed by atoms with E-state index in [1.807, 2.05) is 0 Å². The van der Waals surface area contributed by atoms with Crippen LogP contribution in [0.3, 0.4) is 0 Å². The fourth-order valence-electron chi connectivity index (χ4n) is 1.88. The highest BCUT2D eigenvalue weighted by Gasteiger charge is 2.13. The first-order valence-electron chi connectivity index (χ1n) is 7.12. The van der Waals surface area contributed by atoms with Gasteiger partial charge in [-0.1, -0.05) is 17.3 Å². The standard InChI is InChI=1S/C15H19FN4O3/c1-20(10-14-18-13(19-23-14)6-7-22-2)15(21)17-9-11-4-3-5-12(16)8-11/h3-5,8H,6-7,9-10H2,1-2H3,(H,17,21). The summed E-state index contributed by atoms with van der Waals surface area (Å²) >= 11 is 0. The normalized spacial score (nSPS) is 10.6. The van der Waals surface area contributed by atoms with Crippen molar-refractivity contribution in [2.45, 2.75) is 19.5 Å². The van der Waals surface area contributed by atoms with Crippen LogP contribution < -0.4 is 5.32 Å². The number of carbonyl (C=O) groups is 1. The van der Waals surface area contributed by atoms with Crippen LogP contribution in [0.25, 0.3) is 0 Å². The van der Waals surface area contributed by atoms with Gasteiger partial charge in [-0.25, -0.2) is 9.18 Å². The summed E-state index contributed by atoms with van der Waals surface area (Å²) in [6.07, 6.45) is 0.551. The topological polar surface area (TPSA) is 80.5 Å². The van der Waals surface area contributed by atoms with Gasteiger partial charge in [-0.3, -0.25) is 0 Å². The van der Waals surface area contributed by atoms with Gasteiger partial charge in [0.05, 0.1) is 6.61 Å². The molecule has 1 heterocycles. The molecule has 7 nitrogen and oxygen atoms in total. The molecular weight excluding hydrogens is 303 g/mol. The Morgan fingerprint density at radius 2 is 2.30 bits per heavy atom. The molecule has 1 aromatic carbocycles. The van der Waals surface area contributed by atoms with Crippen LogP contribution in [0.1, 0.15) is 17.3 Å². The zero-order valence-corrected chi connectivity index (χ0v) is 13.1. The Hall–Kier alpha value is -2.48. The summed E-state index contributed by atoms with van der Waals surface area (Å²) < 4.78 is 23.1. The molecule has 0 saturated heterocycles. The number of urea groups is 1. The van der Waals surface area contributed by atoms with Crippen molar-refractivity contribution >= 4 is 6.03 Å². The minimum Gasteiger partial charge on any atom is -0.384 e. The Labute approximate surface area is 133 Å². The SMILES string of the molecule is COCCc1noc(CN(C)C(=O)NCc2cccc(F)c2)n1. The molecule has 23 heavy (non-hydrogen) atoms. The first-order valence-corrected chi connectivity index (χ1v) is 7.12. The summed E-state index contributed by atoms with van der Waals surface area (Å²) in [4.78, 5) is 17.6. The van der Waals surface area contributed by atoms with Crippen molar-refractivity contribution in [3.8, 4) is 0 Å². The molecule has 2 amide bonds. The van der Waals surface area contributed by atoms with Crippen LogP contribution in [0.4, 0.5) is 9.18 Å². The van der Waals surface area contributed by atoms with Crippen LogP contribution in [0.2, 0.25) is 0 Å². The molecule has 0 aliphatic rings. The van der Waals surface area contributed by atoms with Gasteiger partial charge < -0.3 is 19.5 Å². The van der Waals surface area contributed by atoms with Crippen LogP contribution in [0.5, 0.6) is 0 Å². The summed E-state index contributed by atoms with van der Waals surface area (Å²) in [5.41, 5.74) is 0.686. The number of hydrogen-bond acceptors (Lipinski definition) is 5. The molecule has 1 N–H and O–H groups in total. The summed E-state index contributed by atoms with van der Waals surface area (Å²) in [6, 6.07) is 5.75. The number of amides is 2. The van der Waals surface area contributed by atoms with E-state index < -0.39 is 0 Å². The number of halogens is 1. The number of benzene rings is 1. The average molecular weight is 322 g/mol. The first-order chi connectivity index (χ1) is 11.1.